The first kappa shape index (κ1) is 21.4. The molecule has 0 aliphatic carbocycles. The molecule has 4 rings (SSSR count). The standard InChI is InChI=1S/C25H22N2O4S/c1-27(23-9-5-6-10-24(23)31-2)32(29,30)22-15-12-19(13-16-22)25(28)26-21-14-11-18-7-3-4-8-20(18)17-21/h3-17H,1-2H3,(H,26,28). The van der Waals surface area contributed by atoms with Gasteiger partial charge in [0.05, 0.1) is 17.7 Å². The van der Waals surface area contributed by atoms with E-state index in [0.29, 0.717) is 22.7 Å². The van der Waals surface area contributed by atoms with E-state index in [1.165, 1.54) is 38.4 Å². The molecule has 0 atom stereocenters. The number of anilines is 2. The molecule has 6 nitrogen and oxygen atoms in total. The van der Waals surface area contributed by atoms with Gasteiger partial charge in [0.25, 0.3) is 15.9 Å². The Hall–Kier alpha value is -3.84. The number of nitrogens with one attached hydrogen (secondary N) is 1. The Balaban J connectivity index is 1.54. The number of amides is 1. The van der Waals surface area contributed by atoms with Crippen molar-refractivity contribution in [3.05, 3.63) is 96.6 Å². The molecule has 0 bridgehead atoms. The van der Waals surface area contributed by atoms with Crippen molar-refractivity contribution in [3.63, 3.8) is 0 Å². The van der Waals surface area contributed by atoms with Gasteiger partial charge < -0.3 is 10.1 Å². The van der Waals surface area contributed by atoms with E-state index in [2.05, 4.69) is 5.32 Å². The summed E-state index contributed by atoms with van der Waals surface area (Å²) in [6.07, 6.45) is 0. The smallest absolute Gasteiger partial charge is 0.264 e. The van der Waals surface area contributed by atoms with Crippen molar-refractivity contribution in [2.24, 2.45) is 0 Å². The number of rotatable bonds is 6. The van der Waals surface area contributed by atoms with Crippen molar-refractivity contribution in [2.45, 2.75) is 4.90 Å². The third-order valence-electron chi connectivity index (χ3n) is 5.21. The molecule has 0 aromatic heterocycles. The number of fused-ring (bicyclic) bond motifs is 1. The van der Waals surface area contributed by atoms with Crippen LogP contribution in [-0.2, 0) is 10.0 Å². The number of hydrogen-bond donors (Lipinski definition) is 1. The van der Waals surface area contributed by atoms with E-state index < -0.39 is 10.0 Å². The Kier molecular flexibility index (Phi) is 5.83. The van der Waals surface area contributed by atoms with Gasteiger partial charge >= 0.3 is 0 Å². The van der Waals surface area contributed by atoms with E-state index in [1.807, 2.05) is 42.5 Å². The SMILES string of the molecule is COc1ccccc1N(C)S(=O)(=O)c1ccc(C(=O)Nc2ccc3ccccc3c2)cc1. The van der Waals surface area contributed by atoms with Crippen LogP contribution in [0.3, 0.4) is 0 Å². The van der Waals surface area contributed by atoms with Gasteiger partial charge in [-0.2, -0.15) is 0 Å². The average Bonchev–Trinajstić information content (AvgIpc) is 2.83. The number of carbonyl (C=O) groups is 1. The minimum absolute atomic E-state index is 0.0770. The third-order valence-corrected chi connectivity index (χ3v) is 6.99. The van der Waals surface area contributed by atoms with Crippen LogP contribution < -0.4 is 14.4 Å². The summed E-state index contributed by atoms with van der Waals surface area (Å²) in [7, 11) is -0.875. The molecule has 162 valence electrons. The van der Waals surface area contributed by atoms with Crippen molar-refractivity contribution >= 4 is 38.1 Å². The van der Waals surface area contributed by atoms with Crippen LogP contribution in [0.15, 0.2) is 95.9 Å². The number of carbonyl (C=O) groups excluding carboxylic acids is 1. The molecular weight excluding hydrogens is 424 g/mol. The highest BCUT2D eigenvalue weighted by Gasteiger charge is 2.24. The van der Waals surface area contributed by atoms with Crippen LogP contribution in [0, 0.1) is 0 Å². The molecule has 0 spiro atoms. The van der Waals surface area contributed by atoms with Crippen molar-refractivity contribution < 1.29 is 17.9 Å². The maximum atomic E-state index is 13.1. The van der Waals surface area contributed by atoms with E-state index in [4.69, 9.17) is 4.74 Å². The summed E-state index contributed by atoms with van der Waals surface area (Å²) in [6, 6.07) is 26.3. The lowest BCUT2D eigenvalue weighted by atomic mass is 10.1. The maximum Gasteiger partial charge on any atom is 0.264 e. The molecule has 4 aromatic rings. The van der Waals surface area contributed by atoms with Gasteiger partial charge in [-0.1, -0.05) is 42.5 Å². The van der Waals surface area contributed by atoms with Gasteiger partial charge in [-0.15, -0.1) is 0 Å². The molecular formula is C25H22N2O4S. The Morgan fingerprint density at radius 2 is 1.50 bits per heavy atom. The zero-order chi connectivity index (χ0) is 22.7. The van der Waals surface area contributed by atoms with Crippen molar-refractivity contribution in [2.75, 3.05) is 23.8 Å². The van der Waals surface area contributed by atoms with Gasteiger partial charge in [0, 0.05) is 18.3 Å². The van der Waals surface area contributed by atoms with Gasteiger partial charge in [0.2, 0.25) is 0 Å². The number of nitrogens with zero attached hydrogens (tertiary/aromatic N) is 1. The average molecular weight is 447 g/mol. The molecule has 0 unspecified atom stereocenters. The summed E-state index contributed by atoms with van der Waals surface area (Å²) in [4.78, 5) is 12.7. The predicted octanol–water partition coefficient (Wildman–Crippen LogP) is 4.93. The molecule has 0 saturated carbocycles. The Morgan fingerprint density at radius 1 is 0.844 bits per heavy atom. The Morgan fingerprint density at radius 3 is 2.22 bits per heavy atom. The van der Waals surface area contributed by atoms with E-state index in [1.54, 1.807) is 24.3 Å². The maximum absolute atomic E-state index is 13.1. The van der Waals surface area contributed by atoms with E-state index in [9.17, 15) is 13.2 Å². The summed E-state index contributed by atoms with van der Waals surface area (Å²) >= 11 is 0. The van der Waals surface area contributed by atoms with Gasteiger partial charge in [0.1, 0.15) is 5.75 Å². The lowest BCUT2D eigenvalue weighted by molar-refractivity contribution is 0.102. The molecule has 1 N–H and O–H groups in total. The summed E-state index contributed by atoms with van der Waals surface area (Å²) in [5.74, 6) is 0.132. The van der Waals surface area contributed by atoms with Crippen LogP contribution in [0.25, 0.3) is 10.8 Å². The number of benzene rings is 4. The lowest BCUT2D eigenvalue weighted by Crippen LogP contribution is -2.27. The molecule has 0 aliphatic rings. The molecule has 7 heteroatoms. The minimum Gasteiger partial charge on any atom is -0.495 e. The van der Waals surface area contributed by atoms with Crippen molar-refractivity contribution in [3.8, 4) is 5.75 Å². The topological polar surface area (TPSA) is 75.7 Å². The molecule has 0 saturated heterocycles. The normalized spacial score (nSPS) is 11.2. The Labute approximate surface area is 187 Å². The molecule has 32 heavy (non-hydrogen) atoms. The fourth-order valence-corrected chi connectivity index (χ4v) is 4.63. The van der Waals surface area contributed by atoms with Gasteiger partial charge in [-0.3, -0.25) is 9.10 Å². The number of methoxy groups -OCH3 is 1. The summed E-state index contributed by atoms with van der Waals surface area (Å²) in [5.41, 5.74) is 1.45. The highest BCUT2D eigenvalue weighted by molar-refractivity contribution is 7.92. The summed E-state index contributed by atoms with van der Waals surface area (Å²) in [6.45, 7) is 0. The Bertz CT molecular complexity index is 1380. The molecule has 0 aliphatic heterocycles. The molecule has 1 amide bonds. The quantitative estimate of drug-likeness (QED) is 0.456. The minimum atomic E-state index is -3.83. The monoisotopic (exact) mass is 446 g/mol. The number of ether oxygens (including phenoxy) is 1. The van der Waals surface area contributed by atoms with E-state index in [0.717, 1.165) is 15.1 Å². The highest BCUT2D eigenvalue weighted by atomic mass is 32.2. The van der Waals surface area contributed by atoms with Crippen molar-refractivity contribution in [1.29, 1.82) is 0 Å². The van der Waals surface area contributed by atoms with Gasteiger partial charge in [0.15, 0.2) is 0 Å². The first-order chi connectivity index (χ1) is 15.4. The second-order valence-corrected chi connectivity index (χ2v) is 9.15. The van der Waals surface area contributed by atoms with Crippen LogP contribution in [0.4, 0.5) is 11.4 Å². The molecule has 0 radical (unpaired) electrons. The molecule has 4 aromatic carbocycles. The third kappa shape index (κ3) is 4.15. The lowest BCUT2D eigenvalue weighted by Gasteiger charge is -2.21. The van der Waals surface area contributed by atoms with E-state index in [-0.39, 0.29) is 10.8 Å². The van der Waals surface area contributed by atoms with Gasteiger partial charge in [-0.25, -0.2) is 8.42 Å². The number of sulfonamides is 1. The molecule has 0 fully saturated rings. The van der Waals surface area contributed by atoms with Crippen LogP contribution in [-0.4, -0.2) is 28.5 Å². The second kappa shape index (κ2) is 8.72. The fourth-order valence-electron chi connectivity index (χ4n) is 3.43. The van der Waals surface area contributed by atoms with Crippen molar-refractivity contribution in [1.82, 2.24) is 0 Å². The molecule has 0 heterocycles. The zero-order valence-corrected chi connectivity index (χ0v) is 18.5. The number of para-hydroxylation sites is 2. The van der Waals surface area contributed by atoms with Crippen LogP contribution in [0.5, 0.6) is 5.75 Å². The fraction of sp³-hybridized carbons (Fsp3) is 0.0800. The van der Waals surface area contributed by atoms with E-state index >= 15 is 0 Å². The first-order valence-electron chi connectivity index (χ1n) is 9.92. The van der Waals surface area contributed by atoms with Crippen LogP contribution in [0.2, 0.25) is 0 Å². The first-order valence-corrected chi connectivity index (χ1v) is 11.4. The summed E-state index contributed by atoms with van der Waals surface area (Å²) in [5, 5.41) is 4.96. The predicted molar refractivity (Wildman–Crippen MR) is 127 cm³/mol. The summed E-state index contributed by atoms with van der Waals surface area (Å²) < 4.78 is 32.6. The van der Waals surface area contributed by atoms with Crippen LogP contribution in [0.1, 0.15) is 10.4 Å². The largest absolute Gasteiger partial charge is 0.495 e. The number of hydrogen-bond acceptors (Lipinski definition) is 4. The zero-order valence-electron chi connectivity index (χ0n) is 17.6. The van der Waals surface area contributed by atoms with Gasteiger partial charge in [-0.05, 0) is 59.3 Å². The second-order valence-electron chi connectivity index (χ2n) is 7.18. The highest BCUT2D eigenvalue weighted by Crippen LogP contribution is 2.31. The van der Waals surface area contributed by atoms with Crippen LogP contribution >= 0.6 is 0 Å².